The van der Waals surface area contributed by atoms with Gasteiger partial charge in [-0.15, -0.1) is 0 Å². The number of nitrogens with zero attached hydrogens (tertiary/aromatic N) is 1. The molecule has 100 valence electrons. The fourth-order valence-electron chi connectivity index (χ4n) is 2.09. The Morgan fingerprint density at radius 3 is 2.58 bits per heavy atom. The molecule has 1 saturated carbocycles. The first-order chi connectivity index (χ1) is 9.07. The topological polar surface area (TPSA) is 90.9 Å². The van der Waals surface area contributed by atoms with E-state index in [4.69, 9.17) is 11.0 Å². The van der Waals surface area contributed by atoms with Gasteiger partial charge in [0.05, 0.1) is 17.2 Å². The number of urea groups is 1. The average Bonchev–Trinajstić information content (AvgIpc) is 3.24. The number of carbonyl (C=O) groups excluding carboxylic acids is 1. The van der Waals surface area contributed by atoms with E-state index in [1.54, 1.807) is 24.3 Å². The third kappa shape index (κ3) is 3.24. The van der Waals surface area contributed by atoms with E-state index in [0.29, 0.717) is 23.7 Å². The molecule has 4 N–H and O–H groups in total. The van der Waals surface area contributed by atoms with E-state index in [0.717, 1.165) is 12.8 Å². The number of anilines is 1. The molecule has 19 heavy (non-hydrogen) atoms. The van der Waals surface area contributed by atoms with E-state index < -0.39 is 0 Å². The summed E-state index contributed by atoms with van der Waals surface area (Å²) in [5.74, 6) is 0.476. The first kappa shape index (κ1) is 13.4. The summed E-state index contributed by atoms with van der Waals surface area (Å²) < 4.78 is 0. The highest BCUT2D eigenvalue weighted by Crippen LogP contribution is 2.38. The van der Waals surface area contributed by atoms with Crippen LogP contribution in [-0.2, 0) is 0 Å². The highest BCUT2D eigenvalue weighted by molar-refractivity contribution is 5.89. The quantitative estimate of drug-likeness (QED) is 0.769. The number of nitriles is 1. The molecule has 1 aromatic rings. The molecule has 1 aromatic carbocycles. The fraction of sp³-hybridized carbons (Fsp3) is 0.429. The van der Waals surface area contributed by atoms with Gasteiger partial charge in [-0.3, -0.25) is 0 Å². The lowest BCUT2D eigenvalue weighted by Gasteiger charge is -2.29. The lowest BCUT2D eigenvalue weighted by molar-refractivity contribution is 0.234. The zero-order valence-electron chi connectivity index (χ0n) is 10.9. The van der Waals surface area contributed by atoms with E-state index in [1.807, 2.05) is 13.0 Å². The van der Waals surface area contributed by atoms with Crippen LogP contribution in [0, 0.1) is 17.2 Å². The maximum Gasteiger partial charge on any atom is 0.319 e. The summed E-state index contributed by atoms with van der Waals surface area (Å²) in [7, 11) is 0. The summed E-state index contributed by atoms with van der Waals surface area (Å²) in [6.45, 7) is 2.40. The second-order valence-corrected chi connectivity index (χ2v) is 5.16. The monoisotopic (exact) mass is 258 g/mol. The smallest absolute Gasteiger partial charge is 0.319 e. The Morgan fingerprint density at radius 1 is 1.47 bits per heavy atom. The number of rotatable bonds is 4. The van der Waals surface area contributed by atoms with Crippen molar-refractivity contribution in [2.45, 2.75) is 25.3 Å². The van der Waals surface area contributed by atoms with Gasteiger partial charge in [0.2, 0.25) is 0 Å². The Kier molecular flexibility index (Phi) is 3.72. The fourth-order valence-corrected chi connectivity index (χ4v) is 2.09. The first-order valence-electron chi connectivity index (χ1n) is 6.37. The van der Waals surface area contributed by atoms with Crippen molar-refractivity contribution in [2.24, 2.45) is 11.7 Å². The van der Waals surface area contributed by atoms with Crippen molar-refractivity contribution in [2.75, 3.05) is 11.9 Å². The van der Waals surface area contributed by atoms with E-state index in [-0.39, 0.29) is 11.6 Å². The van der Waals surface area contributed by atoms with Crippen LogP contribution in [0.1, 0.15) is 25.3 Å². The summed E-state index contributed by atoms with van der Waals surface area (Å²) in [5, 5.41) is 14.4. The second kappa shape index (κ2) is 5.29. The molecule has 5 heteroatoms. The molecule has 1 aliphatic carbocycles. The average molecular weight is 258 g/mol. The molecule has 0 spiro atoms. The van der Waals surface area contributed by atoms with Gasteiger partial charge in [0.15, 0.2) is 0 Å². The van der Waals surface area contributed by atoms with Crippen LogP contribution in [0.15, 0.2) is 24.3 Å². The largest absolute Gasteiger partial charge is 0.331 e. The molecule has 5 nitrogen and oxygen atoms in total. The Labute approximate surface area is 112 Å². The van der Waals surface area contributed by atoms with Gasteiger partial charge < -0.3 is 16.4 Å². The maximum absolute atomic E-state index is 11.9. The predicted octanol–water partition coefficient (Wildman–Crippen LogP) is 1.81. The molecule has 2 amide bonds. The summed E-state index contributed by atoms with van der Waals surface area (Å²) in [6.07, 6.45) is 2.23. The molecule has 1 atom stereocenters. The zero-order valence-corrected chi connectivity index (χ0v) is 10.9. The van der Waals surface area contributed by atoms with Crippen molar-refractivity contribution in [1.82, 2.24) is 5.32 Å². The standard InChI is InChI=1S/C14H18N4O/c1-14(9-16,11-4-5-11)18-13(19)17-12-6-2-10(8-15)3-7-12/h2-3,6-7,11H,4-5,9,16H2,1H3,(H2,17,18,19). The molecular formula is C14H18N4O. The third-order valence-corrected chi connectivity index (χ3v) is 3.57. The van der Waals surface area contributed by atoms with Crippen LogP contribution in [0.2, 0.25) is 0 Å². The van der Waals surface area contributed by atoms with E-state index in [2.05, 4.69) is 10.6 Å². The minimum absolute atomic E-state index is 0.260. The Balaban J connectivity index is 1.95. The summed E-state index contributed by atoms with van der Waals surface area (Å²) in [5.41, 5.74) is 6.64. The molecule has 0 heterocycles. The maximum atomic E-state index is 11.9. The molecule has 0 bridgehead atoms. The first-order valence-corrected chi connectivity index (χ1v) is 6.37. The van der Waals surface area contributed by atoms with Crippen molar-refractivity contribution in [3.63, 3.8) is 0 Å². The van der Waals surface area contributed by atoms with Crippen molar-refractivity contribution >= 4 is 11.7 Å². The number of nitrogens with one attached hydrogen (secondary N) is 2. The summed E-state index contributed by atoms with van der Waals surface area (Å²) >= 11 is 0. The van der Waals surface area contributed by atoms with Gasteiger partial charge in [0.25, 0.3) is 0 Å². The predicted molar refractivity (Wildman–Crippen MR) is 73.5 cm³/mol. The third-order valence-electron chi connectivity index (χ3n) is 3.57. The summed E-state index contributed by atoms with van der Waals surface area (Å²) in [4.78, 5) is 11.9. The van der Waals surface area contributed by atoms with Gasteiger partial charge in [0, 0.05) is 12.2 Å². The highest BCUT2D eigenvalue weighted by atomic mass is 16.2. The SMILES string of the molecule is CC(CN)(NC(=O)Nc1ccc(C#N)cc1)C1CC1. The van der Waals surface area contributed by atoms with Gasteiger partial charge in [-0.05, 0) is 49.9 Å². The van der Waals surface area contributed by atoms with Crippen LogP contribution in [-0.4, -0.2) is 18.1 Å². The number of nitrogens with two attached hydrogens (primary N) is 1. The Hall–Kier alpha value is -2.06. The molecule has 0 radical (unpaired) electrons. The van der Waals surface area contributed by atoms with Crippen LogP contribution in [0.25, 0.3) is 0 Å². The van der Waals surface area contributed by atoms with Gasteiger partial charge in [-0.2, -0.15) is 5.26 Å². The Bertz CT molecular complexity index is 501. The number of hydrogen-bond donors (Lipinski definition) is 3. The number of hydrogen-bond acceptors (Lipinski definition) is 3. The zero-order chi connectivity index (χ0) is 13.9. The van der Waals surface area contributed by atoms with Crippen LogP contribution in [0.3, 0.4) is 0 Å². The molecule has 0 aromatic heterocycles. The molecular weight excluding hydrogens is 240 g/mol. The Morgan fingerprint density at radius 2 is 2.11 bits per heavy atom. The highest BCUT2D eigenvalue weighted by Gasteiger charge is 2.41. The number of carbonyl (C=O) groups is 1. The molecule has 1 fully saturated rings. The molecule has 0 saturated heterocycles. The van der Waals surface area contributed by atoms with E-state index >= 15 is 0 Å². The molecule has 1 aliphatic rings. The van der Waals surface area contributed by atoms with Crippen LogP contribution in [0.4, 0.5) is 10.5 Å². The second-order valence-electron chi connectivity index (χ2n) is 5.16. The molecule has 0 aliphatic heterocycles. The molecule has 2 rings (SSSR count). The lowest BCUT2D eigenvalue weighted by Crippen LogP contribution is -2.54. The van der Waals surface area contributed by atoms with Gasteiger partial charge in [0.1, 0.15) is 0 Å². The van der Waals surface area contributed by atoms with Gasteiger partial charge in [-0.1, -0.05) is 0 Å². The van der Waals surface area contributed by atoms with E-state index in [9.17, 15) is 4.79 Å². The molecule has 1 unspecified atom stereocenters. The lowest BCUT2D eigenvalue weighted by atomic mass is 9.96. The van der Waals surface area contributed by atoms with Crippen molar-refractivity contribution in [3.05, 3.63) is 29.8 Å². The minimum Gasteiger partial charge on any atom is -0.331 e. The van der Waals surface area contributed by atoms with Crippen molar-refractivity contribution in [3.8, 4) is 6.07 Å². The number of benzene rings is 1. The summed E-state index contributed by atoms with van der Waals surface area (Å²) in [6, 6.07) is 8.51. The van der Waals surface area contributed by atoms with Crippen molar-refractivity contribution in [1.29, 1.82) is 5.26 Å². The minimum atomic E-state index is -0.337. The van der Waals surface area contributed by atoms with E-state index in [1.165, 1.54) is 0 Å². The van der Waals surface area contributed by atoms with Crippen LogP contribution >= 0.6 is 0 Å². The normalized spacial score (nSPS) is 17.1. The number of amides is 2. The van der Waals surface area contributed by atoms with Gasteiger partial charge in [-0.25, -0.2) is 4.79 Å². The van der Waals surface area contributed by atoms with Crippen LogP contribution < -0.4 is 16.4 Å². The van der Waals surface area contributed by atoms with Crippen molar-refractivity contribution < 1.29 is 4.79 Å². The van der Waals surface area contributed by atoms with Crippen LogP contribution in [0.5, 0.6) is 0 Å². The van der Waals surface area contributed by atoms with Gasteiger partial charge >= 0.3 is 6.03 Å².